The van der Waals surface area contributed by atoms with E-state index in [9.17, 15) is 4.79 Å². The van der Waals surface area contributed by atoms with Gasteiger partial charge in [0.2, 0.25) is 0 Å². The Morgan fingerprint density at radius 2 is 2.00 bits per heavy atom. The van der Waals surface area contributed by atoms with E-state index in [2.05, 4.69) is 6.92 Å². The number of carboxylic acids is 1. The van der Waals surface area contributed by atoms with Crippen molar-refractivity contribution in [2.24, 2.45) is 11.1 Å². The van der Waals surface area contributed by atoms with Gasteiger partial charge in [-0.05, 0) is 11.8 Å². The van der Waals surface area contributed by atoms with E-state index in [0.717, 1.165) is 25.7 Å². The quantitative estimate of drug-likeness (QED) is 0.625. The maximum atomic E-state index is 10.7. The summed E-state index contributed by atoms with van der Waals surface area (Å²) < 4.78 is 0. The van der Waals surface area contributed by atoms with Gasteiger partial charge in [0.05, 0.1) is 0 Å². The number of hydrogen-bond donors (Lipinski definition) is 2. The van der Waals surface area contributed by atoms with E-state index < -0.39 is 12.0 Å². The van der Waals surface area contributed by atoms with Crippen LogP contribution in [0, 0.1) is 5.41 Å². The standard InChI is InChI=1S/C10H21NO2/c1-4-5-6-7-10(2,3)8(11)9(12)13/h8H,4-7,11H2,1-3H3,(H,12,13). The van der Waals surface area contributed by atoms with Crippen LogP contribution in [0.1, 0.15) is 46.5 Å². The molecule has 3 heteroatoms. The van der Waals surface area contributed by atoms with Crippen molar-refractivity contribution in [2.75, 3.05) is 0 Å². The fourth-order valence-corrected chi connectivity index (χ4v) is 1.32. The van der Waals surface area contributed by atoms with Crippen molar-refractivity contribution < 1.29 is 9.90 Å². The Morgan fingerprint density at radius 1 is 1.46 bits per heavy atom. The van der Waals surface area contributed by atoms with E-state index in [1.165, 1.54) is 0 Å². The third-order valence-electron chi connectivity index (χ3n) is 2.53. The van der Waals surface area contributed by atoms with Crippen molar-refractivity contribution in [2.45, 2.75) is 52.5 Å². The molecule has 0 fully saturated rings. The smallest absolute Gasteiger partial charge is 0.321 e. The number of rotatable bonds is 6. The van der Waals surface area contributed by atoms with Crippen LogP contribution in [0.3, 0.4) is 0 Å². The van der Waals surface area contributed by atoms with Gasteiger partial charge in [0.15, 0.2) is 0 Å². The molecular weight excluding hydrogens is 166 g/mol. The van der Waals surface area contributed by atoms with E-state index in [4.69, 9.17) is 10.8 Å². The minimum absolute atomic E-state index is 0.291. The Bertz CT molecular complexity index is 166. The molecule has 0 aromatic heterocycles. The predicted molar refractivity (Wildman–Crippen MR) is 53.5 cm³/mol. The Balaban J connectivity index is 3.98. The highest BCUT2D eigenvalue weighted by molar-refractivity contribution is 5.74. The Morgan fingerprint density at radius 3 is 2.38 bits per heavy atom. The van der Waals surface area contributed by atoms with Crippen LogP contribution in [0.15, 0.2) is 0 Å². The van der Waals surface area contributed by atoms with Gasteiger partial charge >= 0.3 is 5.97 Å². The van der Waals surface area contributed by atoms with Crippen LogP contribution in [0.25, 0.3) is 0 Å². The zero-order valence-corrected chi connectivity index (χ0v) is 8.84. The Labute approximate surface area is 80.3 Å². The minimum atomic E-state index is -0.901. The second-order valence-corrected chi connectivity index (χ2v) is 4.26. The van der Waals surface area contributed by atoms with Crippen molar-refractivity contribution >= 4 is 5.97 Å². The second-order valence-electron chi connectivity index (χ2n) is 4.26. The van der Waals surface area contributed by atoms with Gasteiger partial charge in [0.1, 0.15) is 6.04 Å². The molecule has 78 valence electrons. The minimum Gasteiger partial charge on any atom is -0.480 e. The Hall–Kier alpha value is -0.570. The number of carboxylic acid groups (broad SMARTS) is 1. The number of unbranched alkanes of at least 4 members (excludes halogenated alkanes) is 2. The van der Waals surface area contributed by atoms with E-state index in [1.807, 2.05) is 13.8 Å². The lowest BCUT2D eigenvalue weighted by molar-refractivity contribution is -0.141. The van der Waals surface area contributed by atoms with Crippen LogP contribution < -0.4 is 5.73 Å². The summed E-state index contributed by atoms with van der Waals surface area (Å²) in [6, 6.07) is -0.746. The van der Waals surface area contributed by atoms with Crippen molar-refractivity contribution in [3.63, 3.8) is 0 Å². The molecule has 0 amide bonds. The van der Waals surface area contributed by atoms with Gasteiger partial charge in [0, 0.05) is 0 Å². The molecule has 0 saturated heterocycles. The lowest BCUT2D eigenvalue weighted by Gasteiger charge is -2.28. The highest BCUT2D eigenvalue weighted by Crippen LogP contribution is 2.26. The molecule has 0 saturated carbocycles. The molecule has 0 aromatic rings. The van der Waals surface area contributed by atoms with Gasteiger partial charge in [-0.1, -0.05) is 40.0 Å². The molecular formula is C10H21NO2. The summed E-state index contributed by atoms with van der Waals surface area (Å²) in [5, 5.41) is 8.75. The van der Waals surface area contributed by atoms with E-state index in [1.54, 1.807) is 0 Å². The van der Waals surface area contributed by atoms with E-state index >= 15 is 0 Å². The highest BCUT2D eigenvalue weighted by Gasteiger charge is 2.31. The summed E-state index contributed by atoms with van der Waals surface area (Å²) in [5.41, 5.74) is 5.29. The first-order valence-corrected chi connectivity index (χ1v) is 4.90. The molecule has 13 heavy (non-hydrogen) atoms. The monoisotopic (exact) mass is 187 g/mol. The summed E-state index contributed by atoms with van der Waals surface area (Å²) >= 11 is 0. The Kier molecular flexibility index (Phi) is 4.99. The molecule has 3 nitrogen and oxygen atoms in total. The van der Waals surface area contributed by atoms with Crippen LogP contribution >= 0.6 is 0 Å². The first-order valence-electron chi connectivity index (χ1n) is 4.90. The number of hydrogen-bond acceptors (Lipinski definition) is 2. The predicted octanol–water partition coefficient (Wildman–Crippen LogP) is 2.00. The first-order chi connectivity index (χ1) is 5.91. The maximum Gasteiger partial charge on any atom is 0.321 e. The summed E-state index contributed by atoms with van der Waals surface area (Å²) in [6.07, 6.45) is 4.24. The van der Waals surface area contributed by atoms with Crippen LogP contribution in [-0.2, 0) is 4.79 Å². The van der Waals surface area contributed by atoms with E-state index in [-0.39, 0.29) is 5.41 Å². The van der Waals surface area contributed by atoms with Crippen molar-refractivity contribution in [1.29, 1.82) is 0 Å². The molecule has 0 heterocycles. The SMILES string of the molecule is CCCCCC(C)(C)C(N)C(=O)O. The normalized spacial score (nSPS) is 14.2. The number of nitrogens with two attached hydrogens (primary N) is 1. The van der Waals surface area contributed by atoms with Crippen LogP contribution in [0.4, 0.5) is 0 Å². The third-order valence-corrected chi connectivity index (χ3v) is 2.53. The number of aliphatic carboxylic acids is 1. The van der Waals surface area contributed by atoms with Gasteiger partial charge in [-0.15, -0.1) is 0 Å². The molecule has 0 radical (unpaired) electrons. The molecule has 3 N–H and O–H groups in total. The largest absolute Gasteiger partial charge is 0.480 e. The second kappa shape index (κ2) is 5.22. The van der Waals surface area contributed by atoms with Gasteiger partial charge in [-0.25, -0.2) is 0 Å². The average molecular weight is 187 g/mol. The summed E-state index contributed by atoms with van der Waals surface area (Å²) in [6.45, 7) is 5.97. The molecule has 0 aliphatic heterocycles. The molecule has 0 aliphatic carbocycles. The number of carbonyl (C=O) groups is 1. The zero-order valence-electron chi connectivity index (χ0n) is 8.84. The van der Waals surface area contributed by atoms with Gasteiger partial charge < -0.3 is 10.8 Å². The lowest BCUT2D eigenvalue weighted by Crippen LogP contribution is -2.43. The molecule has 0 rings (SSSR count). The molecule has 1 unspecified atom stereocenters. The molecule has 0 aromatic carbocycles. The molecule has 0 aliphatic rings. The van der Waals surface area contributed by atoms with Gasteiger partial charge in [0.25, 0.3) is 0 Å². The zero-order chi connectivity index (χ0) is 10.5. The molecule has 1 atom stereocenters. The third kappa shape index (κ3) is 4.27. The molecule has 0 bridgehead atoms. The van der Waals surface area contributed by atoms with Gasteiger partial charge in [-0.3, -0.25) is 4.79 Å². The van der Waals surface area contributed by atoms with Crippen LogP contribution in [-0.4, -0.2) is 17.1 Å². The summed E-state index contributed by atoms with van der Waals surface area (Å²) in [4.78, 5) is 10.7. The highest BCUT2D eigenvalue weighted by atomic mass is 16.4. The first kappa shape index (κ1) is 12.4. The van der Waals surface area contributed by atoms with E-state index in [0.29, 0.717) is 0 Å². The van der Waals surface area contributed by atoms with Gasteiger partial charge in [-0.2, -0.15) is 0 Å². The average Bonchev–Trinajstić information content (AvgIpc) is 2.03. The topological polar surface area (TPSA) is 63.3 Å². The lowest BCUT2D eigenvalue weighted by atomic mass is 9.80. The van der Waals surface area contributed by atoms with Crippen molar-refractivity contribution in [3.8, 4) is 0 Å². The van der Waals surface area contributed by atoms with Crippen LogP contribution in [0.2, 0.25) is 0 Å². The van der Waals surface area contributed by atoms with Crippen molar-refractivity contribution in [3.05, 3.63) is 0 Å². The molecule has 0 spiro atoms. The fourth-order valence-electron chi connectivity index (χ4n) is 1.32. The summed E-state index contributed by atoms with van der Waals surface area (Å²) in [5.74, 6) is -0.901. The van der Waals surface area contributed by atoms with Crippen molar-refractivity contribution in [1.82, 2.24) is 0 Å². The maximum absolute atomic E-state index is 10.7. The fraction of sp³-hybridized carbons (Fsp3) is 0.900. The summed E-state index contributed by atoms with van der Waals surface area (Å²) in [7, 11) is 0. The van der Waals surface area contributed by atoms with Crippen LogP contribution in [0.5, 0.6) is 0 Å².